The van der Waals surface area contributed by atoms with Gasteiger partial charge >= 0.3 is 6.03 Å². The van der Waals surface area contributed by atoms with Crippen molar-refractivity contribution in [2.24, 2.45) is 0 Å². The minimum atomic E-state index is -0.0434. The number of aromatic nitrogens is 3. The first-order chi connectivity index (χ1) is 11.8. The molecule has 7 heteroatoms. The van der Waals surface area contributed by atoms with E-state index in [1.165, 1.54) is 0 Å². The van der Waals surface area contributed by atoms with Crippen LogP contribution in [0.3, 0.4) is 0 Å². The number of ether oxygens (including phenoxy) is 1. The van der Waals surface area contributed by atoms with Crippen LogP contribution in [0.1, 0.15) is 25.3 Å². The number of imidazole rings is 1. The average molecular weight is 329 g/mol. The molecule has 2 aromatic rings. The van der Waals surface area contributed by atoms with Gasteiger partial charge in [-0.25, -0.2) is 14.8 Å². The summed E-state index contributed by atoms with van der Waals surface area (Å²) < 4.78 is 7.51. The predicted molar refractivity (Wildman–Crippen MR) is 89.8 cm³/mol. The van der Waals surface area contributed by atoms with Gasteiger partial charge in [-0.3, -0.25) is 4.57 Å². The lowest BCUT2D eigenvalue weighted by atomic mass is 10.2. The highest BCUT2D eigenvalue weighted by Crippen LogP contribution is 2.11. The molecule has 0 aliphatic carbocycles. The number of hydrogen-bond acceptors (Lipinski definition) is 4. The first kappa shape index (κ1) is 16.4. The second-order valence-corrected chi connectivity index (χ2v) is 5.88. The average Bonchev–Trinajstić information content (AvgIpc) is 3.15. The first-order valence-corrected chi connectivity index (χ1v) is 8.34. The van der Waals surface area contributed by atoms with Crippen LogP contribution in [0.4, 0.5) is 4.79 Å². The lowest BCUT2D eigenvalue weighted by Gasteiger charge is -2.32. The van der Waals surface area contributed by atoms with E-state index < -0.39 is 0 Å². The molecule has 0 aromatic carbocycles. The molecule has 0 saturated carbocycles. The molecule has 24 heavy (non-hydrogen) atoms. The molecule has 1 aliphatic heterocycles. The Bertz CT molecular complexity index is 640. The van der Waals surface area contributed by atoms with Crippen molar-refractivity contribution in [3.63, 3.8) is 0 Å². The molecule has 2 aromatic heterocycles. The molecule has 2 amide bonds. The maximum atomic E-state index is 12.3. The fraction of sp³-hybridized carbons (Fsp3) is 0.471. The van der Waals surface area contributed by atoms with Crippen molar-refractivity contribution in [1.29, 1.82) is 0 Å². The summed E-state index contributed by atoms with van der Waals surface area (Å²) in [5.74, 6) is 0.804. The monoisotopic (exact) mass is 329 g/mol. The van der Waals surface area contributed by atoms with Crippen molar-refractivity contribution >= 4 is 6.03 Å². The highest BCUT2D eigenvalue weighted by molar-refractivity contribution is 5.74. The number of hydrogen-bond donors (Lipinski definition) is 1. The Morgan fingerprint density at radius 1 is 1.46 bits per heavy atom. The molecular weight excluding hydrogens is 306 g/mol. The molecule has 0 spiro atoms. The van der Waals surface area contributed by atoms with Gasteiger partial charge in [-0.05, 0) is 18.1 Å². The van der Waals surface area contributed by atoms with E-state index in [0.717, 1.165) is 24.2 Å². The number of rotatable bonds is 5. The summed E-state index contributed by atoms with van der Waals surface area (Å²) in [6.45, 7) is 4.51. The molecule has 7 nitrogen and oxygen atoms in total. The van der Waals surface area contributed by atoms with Crippen LogP contribution in [0.5, 0.6) is 0 Å². The van der Waals surface area contributed by atoms with Crippen molar-refractivity contribution < 1.29 is 9.53 Å². The molecule has 1 N–H and O–H groups in total. The number of carbonyl (C=O) groups excluding carboxylic acids is 1. The van der Waals surface area contributed by atoms with Gasteiger partial charge in [-0.2, -0.15) is 0 Å². The third-order valence-corrected chi connectivity index (χ3v) is 4.06. The second kappa shape index (κ2) is 7.92. The molecule has 128 valence electrons. The Kier molecular flexibility index (Phi) is 5.43. The van der Waals surface area contributed by atoms with Gasteiger partial charge in [0.2, 0.25) is 0 Å². The van der Waals surface area contributed by atoms with E-state index in [4.69, 9.17) is 4.74 Å². The van der Waals surface area contributed by atoms with E-state index in [9.17, 15) is 4.79 Å². The second-order valence-electron chi connectivity index (χ2n) is 5.88. The van der Waals surface area contributed by atoms with Crippen LogP contribution in [0.2, 0.25) is 0 Å². The van der Waals surface area contributed by atoms with Crippen LogP contribution in [0.25, 0.3) is 5.82 Å². The number of morpholine rings is 1. The van der Waals surface area contributed by atoms with Gasteiger partial charge in [0.15, 0.2) is 0 Å². The van der Waals surface area contributed by atoms with Crippen molar-refractivity contribution in [3.05, 3.63) is 42.6 Å². The lowest BCUT2D eigenvalue weighted by Crippen LogP contribution is -2.49. The van der Waals surface area contributed by atoms with Gasteiger partial charge in [0.1, 0.15) is 12.1 Å². The Morgan fingerprint density at radius 2 is 2.38 bits per heavy atom. The van der Waals surface area contributed by atoms with E-state index in [2.05, 4.69) is 22.2 Å². The van der Waals surface area contributed by atoms with Crippen molar-refractivity contribution in [2.75, 3.05) is 19.7 Å². The smallest absolute Gasteiger partial charge is 0.317 e. The van der Waals surface area contributed by atoms with Crippen LogP contribution in [-0.4, -0.2) is 51.3 Å². The highest BCUT2D eigenvalue weighted by atomic mass is 16.5. The summed E-state index contributed by atoms with van der Waals surface area (Å²) >= 11 is 0. The molecule has 1 saturated heterocycles. The quantitative estimate of drug-likeness (QED) is 0.910. The molecule has 0 radical (unpaired) electrons. The van der Waals surface area contributed by atoms with Gasteiger partial charge in [0, 0.05) is 38.2 Å². The predicted octanol–water partition coefficient (Wildman–Crippen LogP) is 1.98. The Hall–Kier alpha value is -2.41. The van der Waals surface area contributed by atoms with E-state index in [0.29, 0.717) is 26.2 Å². The Morgan fingerprint density at radius 3 is 3.08 bits per heavy atom. The molecule has 0 bridgehead atoms. The summed E-state index contributed by atoms with van der Waals surface area (Å²) in [7, 11) is 0. The zero-order valence-corrected chi connectivity index (χ0v) is 13.9. The van der Waals surface area contributed by atoms with Crippen LogP contribution in [0, 0.1) is 0 Å². The molecule has 1 unspecified atom stereocenters. The van der Waals surface area contributed by atoms with Crippen LogP contribution in [-0.2, 0) is 11.3 Å². The Labute approximate surface area is 141 Å². The molecule has 1 atom stereocenters. The summed E-state index contributed by atoms with van der Waals surface area (Å²) in [6.07, 6.45) is 9.24. The molecule has 1 fully saturated rings. The van der Waals surface area contributed by atoms with Crippen molar-refractivity contribution in [3.8, 4) is 5.82 Å². The lowest BCUT2D eigenvalue weighted by molar-refractivity contribution is -0.0181. The molecule has 3 rings (SSSR count). The number of pyridine rings is 1. The summed E-state index contributed by atoms with van der Waals surface area (Å²) in [5, 5.41) is 2.96. The van der Waals surface area contributed by atoms with Gasteiger partial charge in [-0.15, -0.1) is 0 Å². The summed E-state index contributed by atoms with van der Waals surface area (Å²) in [4.78, 5) is 22.5. The van der Waals surface area contributed by atoms with Crippen LogP contribution < -0.4 is 5.32 Å². The topological polar surface area (TPSA) is 72.3 Å². The number of nitrogens with one attached hydrogen (secondary N) is 1. The minimum Gasteiger partial charge on any atom is -0.375 e. The van der Waals surface area contributed by atoms with E-state index >= 15 is 0 Å². The van der Waals surface area contributed by atoms with E-state index in [-0.39, 0.29) is 12.1 Å². The number of amides is 2. The highest BCUT2D eigenvalue weighted by Gasteiger charge is 2.23. The maximum absolute atomic E-state index is 12.3. The third-order valence-electron chi connectivity index (χ3n) is 4.06. The Balaban J connectivity index is 1.51. The summed E-state index contributed by atoms with van der Waals surface area (Å²) in [5.41, 5.74) is 0.964. The largest absolute Gasteiger partial charge is 0.375 e. The SMILES string of the molecule is CCCC1CN(C(=O)NCc2ccc(-n3ccnc3)nc2)CCO1. The molecule has 3 heterocycles. The van der Waals surface area contributed by atoms with Gasteiger partial charge < -0.3 is 15.0 Å². The molecular formula is C17H23N5O2. The van der Waals surface area contributed by atoms with Gasteiger partial charge in [0.05, 0.1) is 12.7 Å². The van der Waals surface area contributed by atoms with Gasteiger partial charge in [0.25, 0.3) is 0 Å². The van der Waals surface area contributed by atoms with Crippen LogP contribution >= 0.6 is 0 Å². The minimum absolute atomic E-state index is 0.0434. The maximum Gasteiger partial charge on any atom is 0.317 e. The third kappa shape index (κ3) is 4.11. The van der Waals surface area contributed by atoms with Gasteiger partial charge in [-0.1, -0.05) is 19.4 Å². The standard InChI is InChI=1S/C17H23N5O2/c1-2-3-15-12-21(8-9-24-15)17(23)20-11-14-4-5-16(19-10-14)22-7-6-18-13-22/h4-7,10,13,15H,2-3,8-9,11-12H2,1H3,(H,20,23). The van der Waals surface area contributed by atoms with Crippen molar-refractivity contribution in [1.82, 2.24) is 24.8 Å². The first-order valence-electron chi connectivity index (χ1n) is 8.34. The fourth-order valence-electron chi connectivity index (χ4n) is 2.76. The zero-order valence-electron chi connectivity index (χ0n) is 13.9. The normalized spacial score (nSPS) is 17.7. The van der Waals surface area contributed by atoms with Crippen LogP contribution in [0.15, 0.2) is 37.1 Å². The summed E-state index contributed by atoms with van der Waals surface area (Å²) in [6, 6.07) is 3.83. The number of carbonyl (C=O) groups is 1. The van der Waals surface area contributed by atoms with Crippen molar-refractivity contribution in [2.45, 2.75) is 32.4 Å². The number of nitrogens with zero attached hydrogens (tertiary/aromatic N) is 4. The number of urea groups is 1. The zero-order chi connectivity index (χ0) is 16.8. The molecule has 1 aliphatic rings. The fourth-order valence-corrected chi connectivity index (χ4v) is 2.76. The van der Waals surface area contributed by atoms with E-state index in [1.807, 2.05) is 27.8 Å². The van der Waals surface area contributed by atoms with E-state index in [1.54, 1.807) is 18.7 Å².